The molecule has 3 aromatic rings. The third-order valence-corrected chi connectivity index (χ3v) is 5.43. The summed E-state index contributed by atoms with van der Waals surface area (Å²) in [5.41, 5.74) is 1.84. The first-order valence-corrected chi connectivity index (χ1v) is 12.0. The van der Waals surface area contributed by atoms with Gasteiger partial charge < -0.3 is 18.9 Å². The van der Waals surface area contributed by atoms with Crippen molar-refractivity contribution in [2.75, 3.05) is 0 Å². The maximum absolute atomic E-state index is 12.5. The zero-order chi connectivity index (χ0) is 29.7. The Morgan fingerprint density at radius 1 is 0.525 bits per heavy atom. The van der Waals surface area contributed by atoms with Gasteiger partial charge in [-0.15, -0.1) is 0 Å². The van der Waals surface area contributed by atoms with Crippen LogP contribution in [0.5, 0.6) is 23.0 Å². The largest absolute Gasteiger partial charge is 0.419 e. The predicted octanol–water partition coefficient (Wildman–Crippen LogP) is 6.43. The zero-order valence-corrected chi connectivity index (χ0v) is 22.7. The van der Waals surface area contributed by atoms with Crippen LogP contribution in [0.2, 0.25) is 0 Å². The number of hydrogen-bond donors (Lipinski definition) is 0. The van der Waals surface area contributed by atoms with Gasteiger partial charge in [0.2, 0.25) is 0 Å². The van der Waals surface area contributed by atoms with Crippen LogP contribution in [0.15, 0.2) is 97.1 Å². The van der Waals surface area contributed by atoms with E-state index in [1.807, 2.05) is 0 Å². The molecule has 0 unspecified atom stereocenters. The fraction of sp³-hybridized carbons (Fsp3) is 0.125. The molecule has 0 amide bonds. The Balaban J connectivity index is 2.22. The summed E-state index contributed by atoms with van der Waals surface area (Å²) >= 11 is 0. The lowest BCUT2D eigenvalue weighted by Gasteiger charge is -2.16. The van der Waals surface area contributed by atoms with Gasteiger partial charge in [0.25, 0.3) is 0 Å². The third-order valence-electron chi connectivity index (χ3n) is 5.43. The molecule has 0 aliphatic rings. The molecule has 0 saturated heterocycles. The number of carbonyl (C=O) groups excluding carboxylic acids is 4. The molecular formula is C32H28O8. The van der Waals surface area contributed by atoms with Gasteiger partial charge in [0, 0.05) is 27.7 Å². The molecule has 0 heterocycles. The van der Waals surface area contributed by atoms with E-state index in [0.717, 1.165) is 0 Å². The minimum absolute atomic E-state index is 0.0108. The van der Waals surface area contributed by atoms with Crippen LogP contribution in [0.3, 0.4) is 0 Å². The lowest BCUT2D eigenvalue weighted by atomic mass is 9.97. The van der Waals surface area contributed by atoms with Crippen molar-refractivity contribution in [1.29, 1.82) is 0 Å². The molecule has 0 spiro atoms. The molecule has 0 aliphatic heterocycles. The summed E-state index contributed by atoms with van der Waals surface area (Å²) < 4.78 is 21.8. The lowest BCUT2D eigenvalue weighted by molar-refractivity contribution is -0.132. The van der Waals surface area contributed by atoms with E-state index < -0.39 is 23.9 Å². The second kappa shape index (κ2) is 12.1. The minimum Gasteiger partial charge on any atom is -0.419 e. The molecule has 3 rings (SSSR count). The molecule has 0 N–H and O–H groups in total. The average molecular weight is 541 g/mol. The van der Waals surface area contributed by atoms with Gasteiger partial charge >= 0.3 is 23.9 Å². The molecule has 0 aromatic heterocycles. The summed E-state index contributed by atoms with van der Waals surface area (Å²) in [7, 11) is 0. The topological polar surface area (TPSA) is 105 Å². The smallest absolute Gasteiger partial charge is 0.338 e. The molecule has 8 nitrogen and oxygen atoms in total. The van der Waals surface area contributed by atoms with E-state index in [-0.39, 0.29) is 45.3 Å². The Hall–Kier alpha value is -5.24. The van der Waals surface area contributed by atoms with Gasteiger partial charge in [0.05, 0.1) is 0 Å². The first kappa shape index (κ1) is 29.3. The molecule has 0 saturated carbocycles. The first-order valence-electron chi connectivity index (χ1n) is 12.0. The molecule has 0 atom stereocenters. The average Bonchev–Trinajstić information content (AvgIpc) is 2.89. The number of carbonyl (C=O) groups is 4. The third kappa shape index (κ3) is 6.60. The Labute approximate surface area is 231 Å². The monoisotopic (exact) mass is 540 g/mol. The fourth-order valence-electron chi connectivity index (χ4n) is 3.33. The molecule has 3 aromatic carbocycles. The lowest BCUT2D eigenvalue weighted by Crippen LogP contribution is -2.13. The summed E-state index contributed by atoms with van der Waals surface area (Å²) in [4.78, 5) is 49.2. The molecule has 0 bridgehead atoms. The standard InChI is InChI=1S/C32H28O8/c1-17(2)29(33)37-25-14-12-21(16-27(25)39-31(35)19(5)6)22-10-9-11-24-23(22)13-15-26(38-30(34)18(3)4)28(24)40-32(36)20(7)8/h9-16H,1,3,5,7H2,2,4,6,8H3. The highest BCUT2D eigenvalue weighted by molar-refractivity contribution is 6.04. The predicted molar refractivity (Wildman–Crippen MR) is 151 cm³/mol. The van der Waals surface area contributed by atoms with Crippen LogP contribution in [0, 0.1) is 0 Å². The van der Waals surface area contributed by atoms with Gasteiger partial charge in [-0.2, -0.15) is 0 Å². The van der Waals surface area contributed by atoms with Crippen molar-refractivity contribution >= 4 is 34.6 Å². The van der Waals surface area contributed by atoms with Crippen LogP contribution in [-0.4, -0.2) is 23.9 Å². The second-order valence-corrected chi connectivity index (χ2v) is 9.13. The van der Waals surface area contributed by atoms with Crippen molar-refractivity contribution in [2.45, 2.75) is 27.7 Å². The van der Waals surface area contributed by atoms with Crippen molar-refractivity contribution in [3.63, 3.8) is 0 Å². The van der Waals surface area contributed by atoms with Gasteiger partial charge in [-0.1, -0.05) is 50.6 Å². The van der Waals surface area contributed by atoms with Gasteiger partial charge in [-0.3, -0.25) is 0 Å². The van der Waals surface area contributed by atoms with Gasteiger partial charge in [-0.25, -0.2) is 19.2 Å². The van der Waals surface area contributed by atoms with Crippen molar-refractivity contribution < 1.29 is 38.1 Å². The number of hydrogen-bond acceptors (Lipinski definition) is 8. The molecule has 204 valence electrons. The van der Waals surface area contributed by atoms with Crippen molar-refractivity contribution in [3.8, 4) is 34.1 Å². The van der Waals surface area contributed by atoms with Crippen LogP contribution in [0.1, 0.15) is 27.7 Å². The van der Waals surface area contributed by atoms with E-state index in [0.29, 0.717) is 21.9 Å². The molecule has 8 heteroatoms. The number of benzene rings is 3. The van der Waals surface area contributed by atoms with E-state index in [2.05, 4.69) is 26.3 Å². The Bertz CT molecular complexity index is 1620. The molecule has 0 fully saturated rings. The van der Waals surface area contributed by atoms with E-state index >= 15 is 0 Å². The Kier molecular flexibility index (Phi) is 8.86. The summed E-state index contributed by atoms with van der Waals surface area (Å²) in [6.45, 7) is 20.3. The zero-order valence-electron chi connectivity index (χ0n) is 22.7. The van der Waals surface area contributed by atoms with Crippen LogP contribution in [0.4, 0.5) is 0 Å². The number of rotatable bonds is 9. The van der Waals surface area contributed by atoms with Crippen molar-refractivity contribution in [3.05, 3.63) is 97.1 Å². The van der Waals surface area contributed by atoms with Gasteiger partial charge in [0.1, 0.15) is 0 Å². The molecule has 0 radical (unpaired) electrons. The summed E-state index contributed by atoms with van der Waals surface area (Å²) in [6.07, 6.45) is 0. The highest BCUT2D eigenvalue weighted by atomic mass is 16.6. The minimum atomic E-state index is -0.708. The summed E-state index contributed by atoms with van der Waals surface area (Å²) in [6, 6.07) is 13.1. The van der Waals surface area contributed by atoms with Crippen molar-refractivity contribution in [2.24, 2.45) is 0 Å². The second-order valence-electron chi connectivity index (χ2n) is 9.13. The quantitative estimate of drug-likeness (QED) is 0.174. The highest BCUT2D eigenvalue weighted by Crippen LogP contribution is 2.42. The van der Waals surface area contributed by atoms with Crippen LogP contribution in [0.25, 0.3) is 21.9 Å². The summed E-state index contributed by atoms with van der Waals surface area (Å²) in [5.74, 6) is -2.76. The van der Waals surface area contributed by atoms with E-state index in [1.165, 1.54) is 45.9 Å². The number of esters is 4. The molecule has 40 heavy (non-hydrogen) atoms. The Morgan fingerprint density at radius 2 is 1.00 bits per heavy atom. The normalized spacial score (nSPS) is 10.3. The molecule has 0 aliphatic carbocycles. The van der Waals surface area contributed by atoms with E-state index in [1.54, 1.807) is 30.3 Å². The van der Waals surface area contributed by atoms with Crippen molar-refractivity contribution in [1.82, 2.24) is 0 Å². The van der Waals surface area contributed by atoms with Crippen LogP contribution in [-0.2, 0) is 19.2 Å². The van der Waals surface area contributed by atoms with Gasteiger partial charge in [-0.05, 0) is 68.5 Å². The van der Waals surface area contributed by atoms with E-state index in [9.17, 15) is 19.2 Å². The number of fused-ring (bicyclic) bond motifs is 1. The maximum atomic E-state index is 12.5. The number of ether oxygens (including phenoxy) is 4. The maximum Gasteiger partial charge on any atom is 0.338 e. The van der Waals surface area contributed by atoms with Crippen LogP contribution >= 0.6 is 0 Å². The summed E-state index contributed by atoms with van der Waals surface area (Å²) in [5, 5.41) is 1.07. The van der Waals surface area contributed by atoms with E-state index in [4.69, 9.17) is 18.9 Å². The van der Waals surface area contributed by atoms with Gasteiger partial charge in [0.15, 0.2) is 23.0 Å². The fourth-order valence-corrected chi connectivity index (χ4v) is 3.33. The first-order chi connectivity index (χ1) is 18.8. The molecular weight excluding hydrogens is 512 g/mol. The highest BCUT2D eigenvalue weighted by Gasteiger charge is 2.21. The SMILES string of the molecule is C=C(C)C(=O)Oc1ccc(-c2cccc3c(OC(=O)C(=C)C)c(OC(=O)C(=C)C)ccc23)cc1OC(=O)C(=C)C. The Morgan fingerprint density at radius 3 is 1.55 bits per heavy atom. The van der Waals surface area contributed by atoms with Crippen LogP contribution < -0.4 is 18.9 Å².